The molecule has 0 saturated heterocycles. The summed E-state index contributed by atoms with van der Waals surface area (Å²) in [7, 11) is 0. The average Bonchev–Trinajstić information content (AvgIpc) is 3.05. The maximum absolute atomic E-state index is 11.8. The second-order valence-electron chi connectivity index (χ2n) is 4.18. The number of nitrogens with zero attached hydrogens (tertiary/aromatic N) is 5. The highest BCUT2D eigenvalue weighted by atomic mass is 16.6. The highest BCUT2D eigenvalue weighted by Gasteiger charge is 2.14. The summed E-state index contributed by atoms with van der Waals surface area (Å²) < 4.78 is 6.27. The number of nitro groups is 1. The molecule has 21 heavy (non-hydrogen) atoms. The van der Waals surface area contributed by atoms with Crippen LogP contribution in [0.25, 0.3) is 0 Å². The Hall–Kier alpha value is -3.04. The van der Waals surface area contributed by atoms with Gasteiger partial charge in [-0.25, -0.2) is 5.43 Å². The van der Waals surface area contributed by atoms with Crippen LogP contribution in [0.4, 0.5) is 5.95 Å². The second-order valence-corrected chi connectivity index (χ2v) is 4.18. The molecule has 0 spiro atoms. The maximum atomic E-state index is 11.8. The van der Waals surface area contributed by atoms with Crippen LogP contribution in [-0.2, 0) is 6.54 Å². The van der Waals surface area contributed by atoms with Gasteiger partial charge in [-0.2, -0.15) is 9.78 Å². The Morgan fingerprint density at radius 3 is 2.95 bits per heavy atom. The number of hydrogen-bond acceptors (Lipinski definition) is 7. The van der Waals surface area contributed by atoms with Gasteiger partial charge in [0, 0.05) is 5.10 Å². The first-order valence-electron chi connectivity index (χ1n) is 5.89. The molecule has 1 amide bonds. The molecule has 2 aromatic rings. The van der Waals surface area contributed by atoms with Crippen LogP contribution in [0, 0.1) is 17.0 Å². The summed E-state index contributed by atoms with van der Waals surface area (Å²) in [6.45, 7) is 3.49. The van der Waals surface area contributed by atoms with Crippen molar-refractivity contribution in [1.29, 1.82) is 0 Å². The minimum absolute atomic E-state index is 0.172. The van der Waals surface area contributed by atoms with Crippen molar-refractivity contribution in [3.05, 3.63) is 40.1 Å². The molecule has 0 saturated carbocycles. The lowest BCUT2D eigenvalue weighted by molar-refractivity contribution is -0.394. The van der Waals surface area contributed by atoms with Gasteiger partial charge in [-0.15, -0.1) is 0 Å². The van der Waals surface area contributed by atoms with Crippen molar-refractivity contribution in [2.45, 2.75) is 20.4 Å². The van der Waals surface area contributed by atoms with Crippen LogP contribution < -0.4 is 5.43 Å². The highest BCUT2D eigenvalue weighted by Crippen LogP contribution is 2.08. The van der Waals surface area contributed by atoms with Gasteiger partial charge in [-0.1, -0.05) is 4.98 Å². The monoisotopic (exact) mass is 292 g/mol. The Morgan fingerprint density at radius 2 is 2.38 bits per heavy atom. The molecule has 2 heterocycles. The zero-order valence-electron chi connectivity index (χ0n) is 11.3. The standard InChI is InChI=1S/C11H12N6O4/c1-7(5-16-6-12-11(15-16)17(19)20)13-14-10(18)9-3-4-21-8(9)2/h3-4,6H,5H2,1-2H3,(H,14,18)/b13-7+. The molecule has 10 nitrogen and oxygen atoms in total. The van der Waals surface area contributed by atoms with Gasteiger partial charge in [-0.3, -0.25) is 4.79 Å². The van der Waals surface area contributed by atoms with Gasteiger partial charge in [0.05, 0.1) is 24.1 Å². The maximum Gasteiger partial charge on any atom is 0.490 e. The topological polar surface area (TPSA) is 128 Å². The van der Waals surface area contributed by atoms with Crippen molar-refractivity contribution < 1.29 is 14.1 Å². The van der Waals surface area contributed by atoms with Crippen LogP contribution in [0.1, 0.15) is 23.0 Å². The smallest absolute Gasteiger partial charge is 0.469 e. The number of aromatic nitrogens is 3. The molecule has 0 bridgehead atoms. The number of aryl methyl sites for hydroxylation is 1. The first-order chi connectivity index (χ1) is 9.97. The fourth-order valence-corrected chi connectivity index (χ4v) is 1.54. The van der Waals surface area contributed by atoms with Crippen LogP contribution >= 0.6 is 0 Å². The van der Waals surface area contributed by atoms with Gasteiger partial charge >= 0.3 is 5.95 Å². The molecule has 0 aliphatic heterocycles. The van der Waals surface area contributed by atoms with E-state index < -0.39 is 16.8 Å². The Kier molecular flexibility index (Phi) is 4.07. The molecular formula is C11H12N6O4. The third-order valence-electron chi connectivity index (χ3n) is 2.53. The molecular weight excluding hydrogens is 280 g/mol. The molecule has 0 fully saturated rings. The van der Waals surface area contributed by atoms with Crippen LogP contribution in [-0.4, -0.2) is 31.3 Å². The summed E-state index contributed by atoms with van der Waals surface area (Å²) in [4.78, 5) is 25.1. The molecule has 0 aromatic carbocycles. The molecule has 2 rings (SSSR count). The van der Waals surface area contributed by atoms with Crippen molar-refractivity contribution in [3.8, 4) is 0 Å². The number of nitrogens with one attached hydrogen (secondary N) is 1. The van der Waals surface area contributed by atoms with Gasteiger partial charge in [0.1, 0.15) is 5.76 Å². The predicted molar refractivity (Wildman–Crippen MR) is 70.7 cm³/mol. The van der Waals surface area contributed by atoms with Gasteiger partial charge < -0.3 is 14.5 Å². The van der Waals surface area contributed by atoms with Gasteiger partial charge in [0.25, 0.3) is 5.91 Å². The molecule has 1 N–H and O–H groups in total. The Morgan fingerprint density at radius 1 is 1.62 bits per heavy atom. The summed E-state index contributed by atoms with van der Waals surface area (Å²) in [6, 6.07) is 1.54. The van der Waals surface area contributed by atoms with E-state index in [4.69, 9.17) is 4.42 Å². The van der Waals surface area contributed by atoms with E-state index in [1.165, 1.54) is 23.3 Å². The van der Waals surface area contributed by atoms with Crippen molar-refractivity contribution in [2.24, 2.45) is 5.10 Å². The number of hydrogen-bond donors (Lipinski definition) is 1. The second kappa shape index (κ2) is 5.94. The zero-order valence-corrected chi connectivity index (χ0v) is 11.3. The minimum atomic E-state index is -0.688. The third kappa shape index (κ3) is 3.49. The lowest BCUT2D eigenvalue weighted by Gasteiger charge is -2.00. The van der Waals surface area contributed by atoms with Crippen LogP contribution in [0.15, 0.2) is 28.2 Å². The zero-order chi connectivity index (χ0) is 15.4. The van der Waals surface area contributed by atoms with Crippen molar-refractivity contribution in [3.63, 3.8) is 0 Å². The SMILES string of the molecule is C/C(Cn1cnc([N+](=O)[O-])n1)=N\NC(=O)c1ccoc1C. The first kappa shape index (κ1) is 14.4. The Labute approximate surface area is 118 Å². The van der Waals surface area contributed by atoms with E-state index in [9.17, 15) is 14.9 Å². The van der Waals surface area contributed by atoms with Gasteiger partial charge in [0.15, 0.2) is 0 Å². The van der Waals surface area contributed by atoms with E-state index in [1.807, 2.05) is 0 Å². The molecule has 110 valence electrons. The predicted octanol–water partition coefficient (Wildman–Crippen LogP) is 0.894. The number of hydrazone groups is 1. The van der Waals surface area contributed by atoms with Crippen molar-refractivity contribution in [1.82, 2.24) is 20.2 Å². The molecule has 0 aliphatic rings. The first-order valence-corrected chi connectivity index (χ1v) is 5.89. The van der Waals surface area contributed by atoms with E-state index in [-0.39, 0.29) is 6.54 Å². The molecule has 0 aliphatic carbocycles. The Balaban J connectivity index is 1.96. The largest absolute Gasteiger partial charge is 0.490 e. The minimum Gasteiger partial charge on any atom is -0.469 e. The fraction of sp³-hybridized carbons (Fsp3) is 0.273. The van der Waals surface area contributed by atoms with Crippen LogP contribution in [0.3, 0.4) is 0 Å². The number of furan rings is 1. The van der Waals surface area contributed by atoms with Gasteiger partial charge in [0.2, 0.25) is 6.33 Å². The van der Waals surface area contributed by atoms with Crippen LogP contribution in [0.5, 0.6) is 0 Å². The van der Waals surface area contributed by atoms with Crippen molar-refractivity contribution >= 4 is 17.6 Å². The lowest BCUT2D eigenvalue weighted by Crippen LogP contribution is -2.20. The molecule has 2 aromatic heterocycles. The summed E-state index contributed by atoms with van der Waals surface area (Å²) in [5.41, 5.74) is 3.26. The summed E-state index contributed by atoms with van der Waals surface area (Å²) in [6.07, 6.45) is 2.63. The number of carbonyl (C=O) groups is 1. The third-order valence-corrected chi connectivity index (χ3v) is 2.53. The number of rotatable bonds is 5. The van der Waals surface area contributed by atoms with E-state index in [2.05, 4.69) is 20.6 Å². The normalized spacial score (nSPS) is 11.4. The number of amides is 1. The van der Waals surface area contributed by atoms with Crippen molar-refractivity contribution in [2.75, 3.05) is 0 Å². The average molecular weight is 292 g/mol. The summed E-state index contributed by atoms with van der Waals surface area (Å²) in [5.74, 6) is -0.390. The molecule has 10 heteroatoms. The van der Waals surface area contributed by atoms with E-state index in [1.54, 1.807) is 13.8 Å². The summed E-state index contributed by atoms with van der Waals surface area (Å²) >= 11 is 0. The summed E-state index contributed by atoms with van der Waals surface area (Å²) in [5, 5.41) is 18.0. The quantitative estimate of drug-likeness (QED) is 0.495. The molecule has 0 atom stereocenters. The highest BCUT2D eigenvalue weighted by molar-refractivity contribution is 5.95. The molecule has 0 unspecified atom stereocenters. The van der Waals surface area contributed by atoms with E-state index >= 15 is 0 Å². The van der Waals surface area contributed by atoms with E-state index in [0.717, 1.165) is 0 Å². The lowest BCUT2D eigenvalue weighted by atomic mass is 10.2. The fourth-order valence-electron chi connectivity index (χ4n) is 1.54. The van der Waals surface area contributed by atoms with Crippen LogP contribution in [0.2, 0.25) is 0 Å². The van der Waals surface area contributed by atoms with Gasteiger partial charge in [-0.05, 0) is 24.8 Å². The Bertz CT molecular complexity index is 701. The van der Waals surface area contributed by atoms with E-state index in [0.29, 0.717) is 17.0 Å². The molecule has 0 radical (unpaired) electrons. The number of carbonyl (C=O) groups excluding carboxylic acids is 1.